The van der Waals surface area contributed by atoms with Gasteiger partial charge in [-0.25, -0.2) is 4.98 Å². The fourth-order valence-electron chi connectivity index (χ4n) is 2.18. The zero-order chi connectivity index (χ0) is 15.5. The van der Waals surface area contributed by atoms with Gasteiger partial charge in [0.2, 0.25) is 5.91 Å². The van der Waals surface area contributed by atoms with E-state index in [0.717, 1.165) is 10.0 Å². The molecule has 0 spiro atoms. The number of rotatable bonds is 3. The predicted molar refractivity (Wildman–Crippen MR) is 88.8 cm³/mol. The van der Waals surface area contributed by atoms with Crippen LogP contribution in [-0.2, 0) is 11.2 Å². The second-order valence-corrected chi connectivity index (χ2v) is 5.73. The molecule has 110 valence electrons. The molecule has 0 radical (unpaired) electrons. The number of anilines is 1. The summed E-state index contributed by atoms with van der Waals surface area (Å²) in [4.78, 5) is 30.4. The molecule has 2 N–H and O–H groups in total. The molecule has 0 atom stereocenters. The van der Waals surface area contributed by atoms with Crippen LogP contribution in [0.5, 0.6) is 0 Å². The van der Waals surface area contributed by atoms with E-state index in [2.05, 4.69) is 31.2 Å². The van der Waals surface area contributed by atoms with Gasteiger partial charge in [0, 0.05) is 10.2 Å². The minimum atomic E-state index is -0.229. The summed E-state index contributed by atoms with van der Waals surface area (Å²) in [5, 5.41) is 3.24. The topological polar surface area (TPSA) is 74.8 Å². The fourth-order valence-corrected chi connectivity index (χ4v) is 2.63. The molecule has 5 nitrogen and oxygen atoms in total. The average molecular weight is 358 g/mol. The van der Waals surface area contributed by atoms with Crippen molar-refractivity contribution >= 4 is 38.4 Å². The van der Waals surface area contributed by atoms with Gasteiger partial charge < -0.3 is 10.3 Å². The number of nitrogens with zero attached hydrogens (tertiary/aromatic N) is 1. The van der Waals surface area contributed by atoms with Crippen LogP contribution in [0.2, 0.25) is 0 Å². The molecule has 0 aliphatic carbocycles. The summed E-state index contributed by atoms with van der Waals surface area (Å²) >= 11 is 3.38. The number of halogens is 1. The summed E-state index contributed by atoms with van der Waals surface area (Å²) < 4.78 is 0.932. The van der Waals surface area contributed by atoms with E-state index in [4.69, 9.17) is 0 Å². The van der Waals surface area contributed by atoms with E-state index in [1.165, 1.54) is 6.33 Å². The molecule has 1 amide bonds. The van der Waals surface area contributed by atoms with E-state index in [-0.39, 0.29) is 17.9 Å². The summed E-state index contributed by atoms with van der Waals surface area (Å²) in [7, 11) is 0. The third kappa shape index (κ3) is 3.23. The summed E-state index contributed by atoms with van der Waals surface area (Å²) in [6.07, 6.45) is 1.62. The van der Waals surface area contributed by atoms with E-state index in [9.17, 15) is 9.59 Å². The molecule has 0 bridgehead atoms. The van der Waals surface area contributed by atoms with Gasteiger partial charge in [-0.05, 0) is 35.9 Å². The number of carbonyl (C=O) groups excluding carboxylic acids is 1. The summed E-state index contributed by atoms with van der Waals surface area (Å²) in [5.41, 5.74) is 1.85. The van der Waals surface area contributed by atoms with E-state index >= 15 is 0 Å². The molecule has 1 aromatic heterocycles. The molecule has 3 aromatic rings. The molecule has 0 fully saturated rings. The lowest BCUT2D eigenvalue weighted by Crippen LogP contribution is -2.15. The van der Waals surface area contributed by atoms with Crippen LogP contribution in [0.4, 0.5) is 5.69 Å². The van der Waals surface area contributed by atoms with Crippen molar-refractivity contribution in [2.45, 2.75) is 6.42 Å². The van der Waals surface area contributed by atoms with E-state index in [0.29, 0.717) is 16.6 Å². The highest BCUT2D eigenvalue weighted by Gasteiger charge is 2.06. The van der Waals surface area contributed by atoms with Crippen molar-refractivity contribution in [1.29, 1.82) is 0 Å². The first kappa shape index (κ1) is 14.5. The van der Waals surface area contributed by atoms with Crippen LogP contribution >= 0.6 is 15.9 Å². The molecular weight excluding hydrogens is 346 g/mol. The van der Waals surface area contributed by atoms with Crippen molar-refractivity contribution in [3.8, 4) is 0 Å². The van der Waals surface area contributed by atoms with Crippen LogP contribution in [0.3, 0.4) is 0 Å². The number of H-pyrrole nitrogens is 1. The van der Waals surface area contributed by atoms with Gasteiger partial charge in [-0.2, -0.15) is 0 Å². The lowest BCUT2D eigenvalue weighted by molar-refractivity contribution is -0.115. The molecule has 0 saturated carbocycles. The Kier molecular flexibility index (Phi) is 4.02. The molecule has 3 rings (SSSR count). The fraction of sp³-hybridized carbons (Fsp3) is 0.0625. The van der Waals surface area contributed by atoms with E-state index in [1.54, 1.807) is 18.2 Å². The molecule has 0 unspecified atom stereocenters. The molecule has 2 aromatic carbocycles. The number of aromatic nitrogens is 2. The zero-order valence-electron chi connectivity index (χ0n) is 11.5. The van der Waals surface area contributed by atoms with Crippen LogP contribution in [0, 0.1) is 0 Å². The second-order valence-electron chi connectivity index (χ2n) is 4.82. The molecule has 22 heavy (non-hydrogen) atoms. The second kappa shape index (κ2) is 6.11. The highest BCUT2D eigenvalue weighted by Crippen LogP contribution is 2.15. The van der Waals surface area contributed by atoms with Crippen LogP contribution in [0.1, 0.15) is 5.56 Å². The lowest BCUT2D eigenvalue weighted by atomic mass is 10.1. The van der Waals surface area contributed by atoms with E-state index in [1.807, 2.05) is 24.3 Å². The standard InChI is InChI=1S/C16H12BrN3O2/c17-11-3-1-2-10(6-11)7-15(21)20-12-4-5-14-13(8-12)16(22)19-9-18-14/h1-6,8-9H,7H2,(H,20,21)(H,18,19,22). The number of hydrogen-bond acceptors (Lipinski definition) is 3. The van der Waals surface area contributed by atoms with Crippen LogP contribution in [-0.4, -0.2) is 15.9 Å². The maximum Gasteiger partial charge on any atom is 0.258 e. The van der Waals surface area contributed by atoms with Gasteiger partial charge in [-0.3, -0.25) is 9.59 Å². The maximum absolute atomic E-state index is 12.1. The van der Waals surface area contributed by atoms with Crippen LogP contribution < -0.4 is 10.9 Å². The Labute approximate surface area is 134 Å². The molecule has 0 aliphatic heterocycles. The molecular formula is C16H12BrN3O2. The summed E-state index contributed by atoms with van der Waals surface area (Å²) in [6.45, 7) is 0. The highest BCUT2D eigenvalue weighted by molar-refractivity contribution is 9.10. The lowest BCUT2D eigenvalue weighted by Gasteiger charge is -2.06. The normalized spacial score (nSPS) is 10.6. The van der Waals surface area contributed by atoms with Gasteiger partial charge in [0.15, 0.2) is 0 Å². The van der Waals surface area contributed by atoms with Gasteiger partial charge in [-0.15, -0.1) is 0 Å². The monoisotopic (exact) mass is 357 g/mol. The molecule has 1 heterocycles. The van der Waals surface area contributed by atoms with Gasteiger partial charge in [0.05, 0.1) is 23.7 Å². The summed E-state index contributed by atoms with van der Waals surface area (Å²) in [5.74, 6) is -0.141. The van der Waals surface area contributed by atoms with Crippen molar-refractivity contribution in [3.63, 3.8) is 0 Å². The third-order valence-corrected chi connectivity index (χ3v) is 3.67. The first-order chi connectivity index (χ1) is 10.6. The number of hydrogen-bond donors (Lipinski definition) is 2. The SMILES string of the molecule is O=C(Cc1cccc(Br)c1)Nc1ccc2nc[nH]c(=O)c2c1. The Balaban J connectivity index is 1.79. The van der Waals surface area contributed by atoms with Gasteiger partial charge in [-0.1, -0.05) is 28.1 Å². The Hall–Kier alpha value is -2.47. The van der Waals surface area contributed by atoms with Crippen molar-refractivity contribution in [2.24, 2.45) is 0 Å². The molecule has 6 heteroatoms. The summed E-state index contributed by atoms with van der Waals surface area (Å²) in [6, 6.07) is 12.6. The first-order valence-electron chi connectivity index (χ1n) is 6.63. The predicted octanol–water partition coefficient (Wildman–Crippen LogP) is 2.87. The van der Waals surface area contributed by atoms with Gasteiger partial charge >= 0.3 is 0 Å². The Morgan fingerprint density at radius 1 is 1.23 bits per heavy atom. The smallest absolute Gasteiger partial charge is 0.258 e. The van der Waals surface area contributed by atoms with E-state index < -0.39 is 0 Å². The minimum Gasteiger partial charge on any atom is -0.326 e. The Morgan fingerprint density at radius 2 is 2.09 bits per heavy atom. The third-order valence-electron chi connectivity index (χ3n) is 3.18. The van der Waals surface area contributed by atoms with Crippen molar-refractivity contribution in [1.82, 2.24) is 9.97 Å². The highest BCUT2D eigenvalue weighted by atomic mass is 79.9. The molecule has 0 aliphatic rings. The number of amides is 1. The van der Waals surface area contributed by atoms with Crippen LogP contribution in [0.15, 0.2) is 58.1 Å². The average Bonchev–Trinajstić information content (AvgIpc) is 2.48. The quantitative estimate of drug-likeness (QED) is 0.756. The minimum absolute atomic E-state index is 0.141. The zero-order valence-corrected chi connectivity index (χ0v) is 13.1. The number of nitrogens with one attached hydrogen (secondary N) is 2. The van der Waals surface area contributed by atoms with Crippen molar-refractivity contribution in [3.05, 3.63) is 69.2 Å². The van der Waals surface area contributed by atoms with Gasteiger partial charge in [0.25, 0.3) is 5.56 Å². The number of benzene rings is 2. The molecule has 0 saturated heterocycles. The maximum atomic E-state index is 12.1. The Morgan fingerprint density at radius 3 is 2.91 bits per heavy atom. The number of carbonyl (C=O) groups is 1. The van der Waals surface area contributed by atoms with Crippen molar-refractivity contribution < 1.29 is 4.79 Å². The number of aromatic amines is 1. The van der Waals surface area contributed by atoms with Gasteiger partial charge in [0.1, 0.15) is 0 Å². The van der Waals surface area contributed by atoms with Crippen molar-refractivity contribution in [2.75, 3.05) is 5.32 Å². The first-order valence-corrected chi connectivity index (χ1v) is 7.43. The largest absolute Gasteiger partial charge is 0.326 e. The number of fused-ring (bicyclic) bond motifs is 1. The Bertz CT molecular complexity index is 905. The van der Waals surface area contributed by atoms with Crippen LogP contribution in [0.25, 0.3) is 10.9 Å².